The van der Waals surface area contributed by atoms with Gasteiger partial charge < -0.3 is 10.1 Å². The molecule has 2 unspecified atom stereocenters. The fourth-order valence-electron chi connectivity index (χ4n) is 2.43. The van der Waals surface area contributed by atoms with Crippen LogP contribution in [0.1, 0.15) is 19.3 Å². The monoisotopic (exact) mass is 183 g/mol. The van der Waals surface area contributed by atoms with Crippen LogP contribution in [0.25, 0.3) is 0 Å². The molecule has 0 aromatic rings. The van der Waals surface area contributed by atoms with Crippen LogP contribution in [-0.4, -0.2) is 26.2 Å². The van der Waals surface area contributed by atoms with E-state index in [0.717, 1.165) is 25.4 Å². The van der Waals surface area contributed by atoms with Gasteiger partial charge >= 0.3 is 5.97 Å². The molecular weight excluding hydrogens is 166 g/mol. The highest BCUT2D eigenvalue weighted by Crippen LogP contribution is 2.47. The lowest BCUT2D eigenvalue weighted by Gasteiger charge is -2.22. The predicted molar refractivity (Wildman–Crippen MR) is 49.2 cm³/mol. The maximum Gasteiger partial charge on any atom is 0.308 e. The Labute approximate surface area is 78.8 Å². The van der Waals surface area contributed by atoms with Gasteiger partial charge in [-0.2, -0.15) is 0 Å². The molecule has 0 radical (unpaired) electrons. The quantitative estimate of drug-likeness (QED) is 0.643. The lowest BCUT2D eigenvalue weighted by atomic mass is 9.92. The maximum atomic E-state index is 11.2. The molecule has 3 heteroatoms. The van der Waals surface area contributed by atoms with Gasteiger partial charge in [0, 0.05) is 0 Å². The number of nitrogens with one attached hydrogen (secondary N) is 1. The van der Waals surface area contributed by atoms with Crippen LogP contribution in [0.2, 0.25) is 0 Å². The van der Waals surface area contributed by atoms with Crippen molar-refractivity contribution >= 4 is 5.97 Å². The number of methoxy groups -OCH3 is 1. The second kappa shape index (κ2) is 3.66. The Kier molecular flexibility index (Phi) is 2.54. The van der Waals surface area contributed by atoms with Gasteiger partial charge in [0.05, 0.1) is 13.0 Å². The summed E-state index contributed by atoms with van der Waals surface area (Å²) in [6.07, 6.45) is 3.54. The molecule has 0 amide bonds. The van der Waals surface area contributed by atoms with Gasteiger partial charge in [-0.25, -0.2) is 0 Å². The average molecular weight is 183 g/mol. The zero-order chi connectivity index (χ0) is 9.26. The minimum absolute atomic E-state index is 0.00327. The number of ether oxygens (including phenoxy) is 1. The topological polar surface area (TPSA) is 38.3 Å². The molecule has 0 bridgehead atoms. The van der Waals surface area contributed by atoms with Crippen molar-refractivity contribution in [2.24, 2.45) is 17.8 Å². The minimum Gasteiger partial charge on any atom is -0.469 e. The zero-order valence-corrected chi connectivity index (χ0v) is 8.08. The number of hydrogen-bond acceptors (Lipinski definition) is 3. The van der Waals surface area contributed by atoms with E-state index < -0.39 is 0 Å². The summed E-state index contributed by atoms with van der Waals surface area (Å²) in [5.41, 5.74) is 0. The van der Waals surface area contributed by atoms with Crippen molar-refractivity contribution in [1.82, 2.24) is 5.32 Å². The molecule has 0 aromatic carbocycles. The van der Waals surface area contributed by atoms with Crippen molar-refractivity contribution in [2.75, 3.05) is 20.2 Å². The lowest BCUT2D eigenvalue weighted by molar-refractivity contribution is -0.142. The largest absolute Gasteiger partial charge is 0.469 e. The van der Waals surface area contributed by atoms with Crippen LogP contribution in [0.3, 0.4) is 0 Å². The third-order valence-electron chi connectivity index (χ3n) is 3.33. The Morgan fingerprint density at radius 3 is 2.69 bits per heavy atom. The van der Waals surface area contributed by atoms with Crippen molar-refractivity contribution < 1.29 is 9.53 Å². The molecule has 3 nitrogen and oxygen atoms in total. The summed E-state index contributed by atoms with van der Waals surface area (Å²) >= 11 is 0. The predicted octanol–water partition coefficient (Wildman–Crippen LogP) is 0.795. The second-order valence-corrected chi connectivity index (χ2v) is 4.12. The molecule has 74 valence electrons. The van der Waals surface area contributed by atoms with Crippen molar-refractivity contribution in [3.05, 3.63) is 0 Å². The van der Waals surface area contributed by atoms with Crippen molar-refractivity contribution in [2.45, 2.75) is 19.3 Å². The van der Waals surface area contributed by atoms with Crippen LogP contribution in [0.15, 0.2) is 0 Å². The van der Waals surface area contributed by atoms with E-state index in [2.05, 4.69) is 5.32 Å². The number of rotatable bonds is 2. The molecule has 1 saturated heterocycles. The van der Waals surface area contributed by atoms with E-state index in [1.165, 1.54) is 20.0 Å². The van der Waals surface area contributed by atoms with Gasteiger partial charge in [0.2, 0.25) is 0 Å². The lowest BCUT2D eigenvalue weighted by Crippen LogP contribution is -2.29. The van der Waals surface area contributed by atoms with E-state index in [1.807, 2.05) is 0 Å². The molecule has 1 aliphatic heterocycles. The molecule has 2 fully saturated rings. The van der Waals surface area contributed by atoms with Gasteiger partial charge in [-0.05, 0) is 44.2 Å². The van der Waals surface area contributed by atoms with Crippen molar-refractivity contribution in [1.29, 1.82) is 0 Å². The fraction of sp³-hybridized carbons (Fsp3) is 0.900. The van der Waals surface area contributed by atoms with Gasteiger partial charge in [0.1, 0.15) is 0 Å². The standard InChI is InChI=1S/C10H17NO2/c1-13-10(12)9-6-8(9)7-2-4-11-5-3-7/h7-9,11H,2-6H2,1H3. The van der Waals surface area contributed by atoms with Crippen molar-refractivity contribution in [3.63, 3.8) is 0 Å². The summed E-state index contributed by atoms with van der Waals surface area (Å²) in [5.74, 6) is 1.64. The number of hydrogen-bond donors (Lipinski definition) is 1. The summed E-state index contributed by atoms with van der Waals surface area (Å²) < 4.78 is 4.74. The van der Waals surface area contributed by atoms with Crippen molar-refractivity contribution in [3.8, 4) is 0 Å². The molecule has 2 aliphatic rings. The fourth-order valence-corrected chi connectivity index (χ4v) is 2.43. The molecule has 1 saturated carbocycles. The Balaban J connectivity index is 1.81. The van der Waals surface area contributed by atoms with E-state index in [9.17, 15) is 4.79 Å². The third kappa shape index (κ3) is 1.85. The summed E-state index contributed by atoms with van der Waals surface area (Å²) in [6.45, 7) is 2.24. The highest BCUT2D eigenvalue weighted by Gasteiger charge is 2.48. The Morgan fingerprint density at radius 1 is 1.38 bits per heavy atom. The van der Waals surface area contributed by atoms with Crippen LogP contribution in [0.4, 0.5) is 0 Å². The highest BCUT2D eigenvalue weighted by atomic mass is 16.5. The molecule has 1 N–H and O–H groups in total. The van der Waals surface area contributed by atoms with Gasteiger partial charge in [-0.3, -0.25) is 4.79 Å². The number of esters is 1. The third-order valence-corrected chi connectivity index (χ3v) is 3.33. The molecule has 0 spiro atoms. The van der Waals surface area contributed by atoms with Gasteiger partial charge in [-0.1, -0.05) is 0 Å². The summed E-state index contributed by atoms with van der Waals surface area (Å²) in [7, 11) is 1.49. The molecule has 2 atom stereocenters. The molecule has 1 aliphatic carbocycles. The first-order chi connectivity index (χ1) is 6.33. The van der Waals surface area contributed by atoms with Crippen LogP contribution in [-0.2, 0) is 9.53 Å². The Morgan fingerprint density at radius 2 is 2.08 bits per heavy atom. The van der Waals surface area contributed by atoms with E-state index in [0.29, 0.717) is 5.92 Å². The second-order valence-electron chi connectivity index (χ2n) is 4.12. The molecule has 13 heavy (non-hydrogen) atoms. The average Bonchev–Trinajstić information content (AvgIpc) is 2.98. The molecule has 0 aromatic heterocycles. The van der Waals surface area contributed by atoms with E-state index in [4.69, 9.17) is 4.74 Å². The van der Waals surface area contributed by atoms with Gasteiger partial charge in [-0.15, -0.1) is 0 Å². The van der Waals surface area contributed by atoms with E-state index in [1.54, 1.807) is 0 Å². The summed E-state index contributed by atoms with van der Waals surface area (Å²) in [4.78, 5) is 11.2. The van der Waals surface area contributed by atoms with Crippen LogP contribution < -0.4 is 5.32 Å². The number of carbonyl (C=O) groups excluding carboxylic acids is 1. The molecular formula is C10H17NO2. The van der Waals surface area contributed by atoms with Crippen LogP contribution >= 0.6 is 0 Å². The van der Waals surface area contributed by atoms with Gasteiger partial charge in [0.25, 0.3) is 0 Å². The zero-order valence-electron chi connectivity index (χ0n) is 8.08. The molecule has 1 heterocycles. The normalized spacial score (nSPS) is 34.2. The van der Waals surface area contributed by atoms with Crippen LogP contribution in [0.5, 0.6) is 0 Å². The first kappa shape index (κ1) is 9.00. The first-order valence-electron chi connectivity index (χ1n) is 5.11. The number of carbonyl (C=O) groups is 1. The van der Waals surface area contributed by atoms with Crippen LogP contribution in [0, 0.1) is 17.8 Å². The van der Waals surface area contributed by atoms with Gasteiger partial charge in [0.15, 0.2) is 0 Å². The minimum atomic E-state index is 0.00327. The Hall–Kier alpha value is -0.570. The maximum absolute atomic E-state index is 11.2. The van der Waals surface area contributed by atoms with E-state index in [-0.39, 0.29) is 11.9 Å². The Bertz CT molecular complexity index is 199. The highest BCUT2D eigenvalue weighted by molar-refractivity contribution is 5.75. The summed E-state index contributed by atoms with van der Waals surface area (Å²) in [6, 6.07) is 0. The smallest absolute Gasteiger partial charge is 0.308 e. The SMILES string of the molecule is COC(=O)C1CC1C1CCNCC1. The van der Waals surface area contributed by atoms with E-state index >= 15 is 0 Å². The summed E-state index contributed by atoms with van der Waals surface area (Å²) in [5, 5.41) is 3.34. The first-order valence-corrected chi connectivity index (χ1v) is 5.11. The number of piperidine rings is 1. The molecule has 2 rings (SSSR count).